The summed E-state index contributed by atoms with van der Waals surface area (Å²) in [5.41, 5.74) is 3.70. The third-order valence-corrected chi connectivity index (χ3v) is 4.36. The van der Waals surface area contributed by atoms with Gasteiger partial charge in [-0.2, -0.15) is 0 Å². The number of nitrogens with zero attached hydrogens (tertiary/aromatic N) is 1. The number of hydrogen-bond donors (Lipinski definition) is 1. The van der Waals surface area contributed by atoms with Gasteiger partial charge in [-0.3, -0.25) is 4.79 Å². The Hall–Kier alpha value is -1.51. The van der Waals surface area contributed by atoms with Gasteiger partial charge in [-0.05, 0) is 37.5 Å². The average Bonchev–Trinajstić information content (AvgIpc) is 2.48. The first kappa shape index (κ1) is 18.5. The molecule has 0 saturated carbocycles. The lowest BCUT2D eigenvalue weighted by molar-refractivity contribution is -0.140. The Bertz CT molecular complexity index is 471. The number of carbonyl (C=O) groups is 1. The van der Waals surface area contributed by atoms with Gasteiger partial charge >= 0.3 is 5.97 Å². The molecular weight excluding hydrogens is 274 g/mol. The molecule has 1 atom stereocenters. The van der Waals surface area contributed by atoms with Crippen LogP contribution in [0, 0.1) is 19.8 Å². The van der Waals surface area contributed by atoms with Crippen molar-refractivity contribution in [2.75, 3.05) is 18.0 Å². The first-order valence-corrected chi connectivity index (χ1v) is 8.51. The van der Waals surface area contributed by atoms with Crippen LogP contribution in [0.3, 0.4) is 0 Å². The summed E-state index contributed by atoms with van der Waals surface area (Å²) < 4.78 is 0. The molecule has 0 amide bonds. The number of carboxylic acids is 1. The van der Waals surface area contributed by atoms with E-state index >= 15 is 0 Å². The monoisotopic (exact) mass is 305 g/mol. The van der Waals surface area contributed by atoms with Crippen molar-refractivity contribution in [3.8, 4) is 0 Å². The number of aliphatic carboxylic acids is 1. The smallest absolute Gasteiger partial charge is 0.308 e. The Balaban J connectivity index is 2.77. The van der Waals surface area contributed by atoms with Crippen molar-refractivity contribution in [2.24, 2.45) is 5.92 Å². The Kier molecular flexibility index (Phi) is 8.00. The highest BCUT2D eigenvalue weighted by Crippen LogP contribution is 2.24. The number of anilines is 1. The molecule has 0 heterocycles. The molecule has 1 unspecified atom stereocenters. The molecule has 3 nitrogen and oxygen atoms in total. The zero-order chi connectivity index (χ0) is 16.5. The summed E-state index contributed by atoms with van der Waals surface area (Å²) in [4.78, 5) is 13.5. The number of hydrogen-bond acceptors (Lipinski definition) is 2. The lowest BCUT2D eigenvalue weighted by Gasteiger charge is -2.29. The molecule has 0 saturated heterocycles. The van der Waals surface area contributed by atoms with Crippen molar-refractivity contribution in [3.63, 3.8) is 0 Å². The van der Waals surface area contributed by atoms with Gasteiger partial charge < -0.3 is 10.0 Å². The van der Waals surface area contributed by atoms with Crippen LogP contribution in [-0.4, -0.2) is 24.2 Å². The van der Waals surface area contributed by atoms with Crippen LogP contribution in [0.5, 0.6) is 0 Å². The molecule has 0 spiro atoms. The van der Waals surface area contributed by atoms with Crippen molar-refractivity contribution >= 4 is 11.7 Å². The lowest BCUT2D eigenvalue weighted by Crippen LogP contribution is -2.33. The SMILES string of the molecule is CCCCCCCN(CC(C)C(=O)O)c1cccc(C)c1C. The third-order valence-electron chi connectivity index (χ3n) is 4.36. The quantitative estimate of drug-likeness (QED) is 0.631. The first-order chi connectivity index (χ1) is 10.5. The fourth-order valence-electron chi connectivity index (χ4n) is 2.70. The predicted molar refractivity (Wildman–Crippen MR) is 93.7 cm³/mol. The van der Waals surface area contributed by atoms with Gasteiger partial charge in [0.05, 0.1) is 5.92 Å². The van der Waals surface area contributed by atoms with Crippen molar-refractivity contribution in [3.05, 3.63) is 29.3 Å². The summed E-state index contributed by atoms with van der Waals surface area (Å²) >= 11 is 0. The van der Waals surface area contributed by atoms with Crippen LogP contribution in [0.2, 0.25) is 0 Å². The number of benzene rings is 1. The van der Waals surface area contributed by atoms with Gasteiger partial charge in [-0.1, -0.05) is 51.7 Å². The van der Waals surface area contributed by atoms with Gasteiger partial charge in [0.25, 0.3) is 0 Å². The molecule has 22 heavy (non-hydrogen) atoms. The van der Waals surface area contributed by atoms with Crippen LogP contribution in [-0.2, 0) is 4.79 Å². The van der Waals surface area contributed by atoms with E-state index in [0.717, 1.165) is 13.0 Å². The molecule has 0 aliphatic heterocycles. The van der Waals surface area contributed by atoms with Gasteiger partial charge in [0.2, 0.25) is 0 Å². The van der Waals surface area contributed by atoms with Gasteiger partial charge in [-0.15, -0.1) is 0 Å². The fraction of sp³-hybridized carbons (Fsp3) is 0.632. The zero-order valence-electron chi connectivity index (χ0n) is 14.6. The van der Waals surface area contributed by atoms with Gasteiger partial charge in [-0.25, -0.2) is 0 Å². The third kappa shape index (κ3) is 5.70. The predicted octanol–water partition coefficient (Wildman–Crippen LogP) is 4.80. The van der Waals surface area contributed by atoms with E-state index in [9.17, 15) is 9.90 Å². The molecule has 1 N–H and O–H groups in total. The maximum atomic E-state index is 11.2. The largest absolute Gasteiger partial charge is 0.481 e. The Morgan fingerprint density at radius 2 is 1.86 bits per heavy atom. The van der Waals surface area contributed by atoms with Crippen molar-refractivity contribution < 1.29 is 9.90 Å². The van der Waals surface area contributed by atoms with Crippen LogP contribution >= 0.6 is 0 Å². The van der Waals surface area contributed by atoms with Crippen molar-refractivity contribution in [1.82, 2.24) is 0 Å². The maximum absolute atomic E-state index is 11.2. The standard InChI is InChI=1S/C19H31NO2/c1-5-6-7-8-9-13-20(14-16(3)19(21)22)18-12-10-11-15(2)17(18)4/h10-12,16H,5-9,13-14H2,1-4H3,(H,21,22). The molecule has 0 fully saturated rings. The number of unbranched alkanes of at least 4 members (excludes halogenated alkanes) is 4. The summed E-state index contributed by atoms with van der Waals surface area (Å²) in [5.74, 6) is -1.07. The van der Waals surface area contributed by atoms with E-state index in [0.29, 0.717) is 6.54 Å². The minimum Gasteiger partial charge on any atom is -0.481 e. The summed E-state index contributed by atoms with van der Waals surface area (Å²) in [7, 11) is 0. The second-order valence-electron chi connectivity index (χ2n) is 6.32. The fourth-order valence-corrected chi connectivity index (χ4v) is 2.70. The van der Waals surface area contributed by atoms with Crippen LogP contribution in [0.1, 0.15) is 57.1 Å². The van der Waals surface area contributed by atoms with E-state index in [4.69, 9.17) is 0 Å². The minimum atomic E-state index is -0.721. The van der Waals surface area contributed by atoms with Crippen LogP contribution < -0.4 is 4.90 Å². The molecular formula is C19H31NO2. The second kappa shape index (κ2) is 9.50. The summed E-state index contributed by atoms with van der Waals surface area (Å²) in [6, 6.07) is 6.29. The molecule has 124 valence electrons. The molecule has 1 rings (SSSR count). The molecule has 0 aliphatic carbocycles. The summed E-state index contributed by atoms with van der Waals surface area (Å²) in [6.07, 6.45) is 6.15. The Labute approximate surface area is 135 Å². The lowest BCUT2D eigenvalue weighted by atomic mass is 10.0. The first-order valence-electron chi connectivity index (χ1n) is 8.51. The molecule has 0 radical (unpaired) electrons. The molecule has 0 aliphatic rings. The minimum absolute atomic E-state index is 0.351. The van der Waals surface area contributed by atoms with Crippen LogP contribution in [0.15, 0.2) is 18.2 Å². The molecule has 1 aromatic rings. The number of aryl methyl sites for hydroxylation is 1. The molecule has 0 bridgehead atoms. The topological polar surface area (TPSA) is 40.5 Å². The highest BCUT2D eigenvalue weighted by atomic mass is 16.4. The van der Waals surface area contributed by atoms with Gasteiger partial charge in [0.1, 0.15) is 0 Å². The maximum Gasteiger partial charge on any atom is 0.308 e. The van der Waals surface area contributed by atoms with Crippen LogP contribution in [0.4, 0.5) is 5.69 Å². The number of rotatable bonds is 10. The summed E-state index contributed by atoms with van der Waals surface area (Å²) in [6.45, 7) is 9.76. The highest BCUT2D eigenvalue weighted by molar-refractivity contribution is 5.70. The molecule has 1 aromatic carbocycles. The zero-order valence-corrected chi connectivity index (χ0v) is 14.6. The second-order valence-corrected chi connectivity index (χ2v) is 6.32. The van der Waals surface area contributed by atoms with Gasteiger partial charge in [0, 0.05) is 18.8 Å². The van der Waals surface area contributed by atoms with Crippen LogP contribution in [0.25, 0.3) is 0 Å². The molecule has 3 heteroatoms. The van der Waals surface area contributed by atoms with Crippen molar-refractivity contribution in [1.29, 1.82) is 0 Å². The summed E-state index contributed by atoms with van der Waals surface area (Å²) in [5, 5.41) is 9.22. The number of carboxylic acid groups (broad SMARTS) is 1. The molecule has 0 aromatic heterocycles. The van der Waals surface area contributed by atoms with E-state index in [-0.39, 0.29) is 5.92 Å². The van der Waals surface area contributed by atoms with Crippen molar-refractivity contribution in [2.45, 2.75) is 59.8 Å². The Morgan fingerprint density at radius 3 is 2.50 bits per heavy atom. The Morgan fingerprint density at radius 1 is 1.18 bits per heavy atom. The van der Waals surface area contributed by atoms with E-state index in [1.165, 1.54) is 42.5 Å². The van der Waals surface area contributed by atoms with Gasteiger partial charge in [0.15, 0.2) is 0 Å². The van der Waals surface area contributed by atoms with E-state index in [1.54, 1.807) is 6.92 Å². The average molecular weight is 305 g/mol. The van der Waals surface area contributed by atoms with E-state index in [1.807, 2.05) is 0 Å². The van der Waals surface area contributed by atoms with E-state index < -0.39 is 5.97 Å². The highest BCUT2D eigenvalue weighted by Gasteiger charge is 2.18. The van der Waals surface area contributed by atoms with E-state index in [2.05, 4.69) is 43.9 Å². The normalized spacial score (nSPS) is 12.2.